The van der Waals surface area contributed by atoms with Gasteiger partial charge in [-0.1, -0.05) is 31.7 Å². The Bertz CT molecular complexity index is 1020. The number of halogens is 2. The molecule has 3 aromatic rings. The van der Waals surface area contributed by atoms with Crippen LogP contribution in [-0.2, 0) is 11.3 Å². The first kappa shape index (κ1) is 22.7. The third-order valence-corrected chi connectivity index (χ3v) is 5.19. The fourth-order valence-electron chi connectivity index (χ4n) is 2.91. The summed E-state index contributed by atoms with van der Waals surface area (Å²) < 4.78 is 34.2. The fourth-order valence-corrected chi connectivity index (χ4v) is 3.66. The molecule has 1 heterocycles. The molecular formula is C22H24F2N4O2S. The third-order valence-electron chi connectivity index (χ3n) is 4.22. The number of aromatic nitrogens is 3. The summed E-state index contributed by atoms with van der Waals surface area (Å²) in [5, 5.41) is 11.8. The van der Waals surface area contributed by atoms with Crippen LogP contribution in [0.15, 0.2) is 53.7 Å². The zero-order valence-corrected chi connectivity index (χ0v) is 18.3. The van der Waals surface area contributed by atoms with E-state index in [1.165, 1.54) is 42.1 Å². The van der Waals surface area contributed by atoms with E-state index >= 15 is 0 Å². The monoisotopic (exact) mass is 446 g/mol. The molecule has 1 amide bonds. The lowest BCUT2D eigenvalue weighted by molar-refractivity contribution is -0.113. The molecule has 164 valence electrons. The lowest BCUT2D eigenvalue weighted by Gasteiger charge is -2.17. The predicted octanol–water partition coefficient (Wildman–Crippen LogP) is 5.08. The Balaban J connectivity index is 1.69. The molecule has 1 unspecified atom stereocenters. The highest BCUT2D eigenvalue weighted by molar-refractivity contribution is 7.99. The van der Waals surface area contributed by atoms with Gasteiger partial charge in [0.25, 0.3) is 0 Å². The second-order valence-electron chi connectivity index (χ2n) is 7.41. The number of ether oxygens (including phenoxy) is 1. The lowest BCUT2D eigenvalue weighted by atomic mass is 10.2. The van der Waals surface area contributed by atoms with Gasteiger partial charge in [0.15, 0.2) is 17.1 Å². The molecule has 1 aromatic heterocycles. The maximum absolute atomic E-state index is 13.3. The van der Waals surface area contributed by atoms with E-state index in [1.807, 2.05) is 11.5 Å². The molecule has 0 fully saturated rings. The van der Waals surface area contributed by atoms with Crippen LogP contribution in [0.4, 0.5) is 14.5 Å². The van der Waals surface area contributed by atoms with E-state index in [0.29, 0.717) is 34.9 Å². The molecule has 31 heavy (non-hydrogen) atoms. The Morgan fingerprint density at radius 3 is 2.52 bits per heavy atom. The number of amides is 1. The van der Waals surface area contributed by atoms with E-state index in [2.05, 4.69) is 29.4 Å². The van der Waals surface area contributed by atoms with Gasteiger partial charge in [0.1, 0.15) is 17.4 Å². The summed E-state index contributed by atoms with van der Waals surface area (Å²) in [4.78, 5) is 12.3. The minimum atomic E-state index is -0.424. The van der Waals surface area contributed by atoms with Crippen molar-refractivity contribution in [1.82, 2.24) is 14.8 Å². The zero-order valence-electron chi connectivity index (χ0n) is 17.5. The average molecular weight is 447 g/mol. The van der Waals surface area contributed by atoms with Crippen LogP contribution < -0.4 is 10.1 Å². The minimum absolute atomic E-state index is 0.0972. The van der Waals surface area contributed by atoms with E-state index in [1.54, 1.807) is 18.2 Å². The van der Waals surface area contributed by atoms with Gasteiger partial charge in [0, 0.05) is 12.2 Å². The smallest absolute Gasteiger partial charge is 0.234 e. The van der Waals surface area contributed by atoms with E-state index in [9.17, 15) is 13.6 Å². The molecule has 6 nitrogen and oxygen atoms in total. The Morgan fingerprint density at radius 1 is 1.10 bits per heavy atom. The van der Waals surface area contributed by atoms with Crippen molar-refractivity contribution in [2.24, 2.45) is 5.92 Å². The van der Waals surface area contributed by atoms with Crippen molar-refractivity contribution in [3.8, 4) is 5.75 Å². The number of thioether (sulfide) groups is 1. The van der Waals surface area contributed by atoms with E-state index in [4.69, 9.17) is 4.74 Å². The molecule has 0 saturated heterocycles. The van der Waals surface area contributed by atoms with Gasteiger partial charge in [-0.15, -0.1) is 10.2 Å². The average Bonchev–Trinajstić information content (AvgIpc) is 3.10. The number of benzene rings is 2. The van der Waals surface area contributed by atoms with E-state index in [-0.39, 0.29) is 17.5 Å². The summed E-state index contributed by atoms with van der Waals surface area (Å²) in [7, 11) is 0. The van der Waals surface area contributed by atoms with Gasteiger partial charge in [-0.2, -0.15) is 0 Å². The van der Waals surface area contributed by atoms with Gasteiger partial charge < -0.3 is 14.6 Å². The Morgan fingerprint density at radius 2 is 1.84 bits per heavy atom. The number of rotatable bonds is 9. The van der Waals surface area contributed by atoms with Gasteiger partial charge in [0.05, 0.1) is 5.75 Å². The SMILES string of the molecule is CC(C)Cn1c(SCC(=O)Nc2cccc(F)c2)nnc1C(C)Oc1ccc(F)cc1. The molecular weight excluding hydrogens is 422 g/mol. The first-order valence-electron chi connectivity index (χ1n) is 9.85. The van der Waals surface area contributed by atoms with Crippen LogP contribution in [0.2, 0.25) is 0 Å². The van der Waals surface area contributed by atoms with Crippen LogP contribution in [0.25, 0.3) is 0 Å². The molecule has 2 aromatic carbocycles. The number of carbonyl (C=O) groups excluding carboxylic acids is 1. The van der Waals surface area contributed by atoms with Gasteiger partial charge in [-0.25, -0.2) is 8.78 Å². The molecule has 0 spiro atoms. The number of hydrogen-bond acceptors (Lipinski definition) is 5. The van der Waals surface area contributed by atoms with Gasteiger partial charge in [-0.05, 0) is 55.3 Å². The normalized spacial score (nSPS) is 12.1. The topological polar surface area (TPSA) is 69.0 Å². The molecule has 9 heteroatoms. The van der Waals surface area contributed by atoms with Crippen molar-refractivity contribution < 1.29 is 18.3 Å². The van der Waals surface area contributed by atoms with E-state index < -0.39 is 11.9 Å². The number of anilines is 1. The van der Waals surface area contributed by atoms with E-state index in [0.717, 1.165) is 0 Å². The molecule has 0 aliphatic carbocycles. The van der Waals surface area contributed by atoms with Crippen molar-refractivity contribution >= 4 is 23.4 Å². The maximum Gasteiger partial charge on any atom is 0.234 e. The summed E-state index contributed by atoms with van der Waals surface area (Å²) in [6, 6.07) is 11.5. The first-order chi connectivity index (χ1) is 14.8. The summed E-state index contributed by atoms with van der Waals surface area (Å²) in [5.74, 6) is 0.530. The van der Waals surface area contributed by atoms with Crippen LogP contribution >= 0.6 is 11.8 Å². The van der Waals surface area contributed by atoms with Crippen LogP contribution in [0.3, 0.4) is 0 Å². The quantitative estimate of drug-likeness (QED) is 0.464. The van der Waals surface area contributed by atoms with Crippen molar-refractivity contribution in [1.29, 1.82) is 0 Å². The molecule has 1 atom stereocenters. The van der Waals surface area contributed by atoms with Crippen molar-refractivity contribution in [3.05, 3.63) is 66.0 Å². The molecule has 3 rings (SSSR count). The van der Waals surface area contributed by atoms with Crippen LogP contribution in [-0.4, -0.2) is 26.4 Å². The number of nitrogens with one attached hydrogen (secondary N) is 1. The van der Waals surface area contributed by atoms with Crippen molar-refractivity contribution in [2.75, 3.05) is 11.1 Å². The molecule has 0 saturated carbocycles. The summed E-state index contributed by atoms with van der Waals surface area (Å²) >= 11 is 1.25. The first-order valence-corrected chi connectivity index (χ1v) is 10.8. The highest BCUT2D eigenvalue weighted by Gasteiger charge is 2.21. The highest BCUT2D eigenvalue weighted by Crippen LogP contribution is 2.26. The molecule has 0 bridgehead atoms. The van der Waals surface area contributed by atoms with Crippen molar-refractivity contribution in [3.63, 3.8) is 0 Å². The lowest BCUT2D eigenvalue weighted by Crippen LogP contribution is -2.17. The fraction of sp³-hybridized carbons (Fsp3) is 0.318. The van der Waals surface area contributed by atoms with Gasteiger partial charge >= 0.3 is 0 Å². The second kappa shape index (κ2) is 10.4. The number of nitrogens with zero attached hydrogens (tertiary/aromatic N) is 3. The second-order valence-corrected chi connectivity index (χ2v) is 8.35. The summed E-state index contributed by atoms with van der Waals surface area (Å²) in [5.41, 5.74) is 0.399. The largest absolute Gasteiger partial charge is 0.483 e. The molecule has 0 aliphatic rings. The number of carbonyl (C=O) groups is 1. The van der Waals surface area contributed by atoms with Gasteiger partial charge in [0.2, 0.25) is 5.91 Å². The Hall–Kier alpha value is -2.94. The predicted molar refractivity (Wildman–Crippen MR) is 116 cm³/mol. The van der Waals surface area contributed by atoms with Crippen LogP contribution in [0.1, 0.15) is 32.7 Å². The van der Waals surface area contributed by atoms with Crippen molar-refractivity contribution in [2.45, 2.75) is 38.6 Å². The summed E-state index contributed by atoms with van der Waals surface area (Å²) in [6.07, 6.45) is -0.424. The van der Waals surface area contributed by atoms with Crippen LogP contribution in [0.5, 0.6) is 5.75 Å². The Kier molecular flexibility index (Phi) is 7.62. The zero-order chi connectivity index (χ0) is 22.4. The third kappa shape index (κ3) is 6.52. The van der Waals surface area contributed by atoms with Gasteiger partial charge in [-0.3, -0.25) is 4.79 Å². The molecule has 0 radical (unpaired) electrons. The molecule has 1 N–H and O–H groups in total. The maximum atomic E-state index is 13.3. The molecule has 0 aliphatic heterocycles. The standard InChI is InChI=1S/C22H24F2N4O2S/c1-14(2)12-28-21(15(3)30-19-9-7-16(23)8-10-19)26-27-22(28)31-13-20(29)25-18-6-4-5-17(24)11-18/h4-11,14-15H,12-13H2,1-3H3,(H,25,29). The number of hydrogen-bond donors (Lipinski definition) is 1. The highest BCUT2D eigenvalue weighted by atomic mass is 32.2. The van der Waals surface area contributed by atoms with Crippen LogP contribution in [0, 0.1) is 17.6 Å². The Labute approximate surface area is 184 Å². The minimum Gasteiger partial charge on any atom is -0.483 e. The summed E-state index contributed by atoms with van der Waals surface area (Å²) in [6.45, 7) is 6.63.